The second kappa shape index (κ2) is 5.26. The normalized spacial score (nSPS) is 10.6. The zero-order chi connectivity index (χ0) is 10.6. The fourth-order valence-corrected chi connectivity index (χ4v) is 1.49. The van der Waals surface area contributed by atoms with Crippen LogP contribution in [0.2, 0.25) is 5.02 Å². The van der Waals surface area contributed by atoms with Gasteiger partial charge in [-0.15, -0.1) is 0 Å². The van der Waals surface area contributed by atoms with Gasteiger partial charge in [-0.3, -0.25) is 0 Å². The lowest BCUT2D eigenvalue weighted by Gasteiger charge is -2.13. The van der Waals surface area contributed by atoms with E-state index in [0.717, 1.165) is 23.8 Å². The lowest BCUT2D eigenvalue weighted by Crippen LogP contribution is -1.99. The highest BCUT2D eigenvalue weighted by Gasteiger charge is 2.07. The maximum absolute atomic E-state index is 5.94. The van der Waals surface area contributed by atoms with E-state index in [-0.39, 0.29) is 0 Å². The molecule has 0 saturated carbocycles. The van der Waals surface area contributed by atoms with E-state index in [2.05, 4.69) is 20.8 Å². The predicted molar refractivity (Wildman–Crippen MR) is 61.3 cm³/mol. The van der Waals surface area contributed by atoms with Crippen LogP contribution in [0.3, 0.4) is 0 Å². The van der Waals surface area contributed by atoms with Crippen molar-refractivity contribution in [2.75, 3.05) is 6.61 Å². The van der Waals surface area contributed by atoms with Crippen LogP contribution in [0.1, 0.15) is 38.7 Å². The molecule has 0 amide bonds. The molecule has 1 rings (SSSR count). The monoisotopic (exact) mass is 212 g/mol. The molecule has 0 atom stereocenters. The van der Waals surface area contributed by atoms with Gasteiger partial charge in [0.15, 0.2) is 0 Å². The van der Waals surface area contributed by atoms with Gasteiger partial charge in [-0.25, -0.2) is 0 Å². The molecule has 1 aromatic carbocycles. The summed E-state index contributed by atoms with van der Waals surface area (Å²) in [5.41, 5.74) is 1.19. The number of hydrogen-bond acceptors (Lipinski definition) is 1. The molecule has 0 aromatic heterocycles. The maximum atomic E-state index is 5.94. The smallest absolute Gasteiger partial charge is 0.122 e. The van der Waals surface area contributed by atoms with Crippen LogP contribution in [-0.4, -0.2) is 6.61 Å². The number of ether oxygens (including phenoxy) is 1. The van der Waals surface area contributed by atoms with Gasteiger partial charge in [0, 0.05) is 5.02 Å². The van der Waals surface area contributed by atoms with Gasteiger partial charge in [-0.05, 0) is 36.1 Å². The van der Waals surface area contributed by atoms with Crippen LogP contribution in [0.4, 0.5) is 0 Å². The highest BCUT2D eigenvalue weighted by atomic mass is 35.5. The minimum absolute atomic E-state index is 0.445. The van der Waals surface area contributed by atoms with E-state index in [1.807, 2.05) is 18.2 Å². The number of hydrogen-bond donors (Lipinski definition) is 0. The van der Waals surface area contributed by atoms with Gasteiger partial charge in [0.1, 0.15) is 5.75 Å². The van der Waals surface area contributed by atoms with Crippen LogP contribution < -0.4 is 4.74 Å². The number of halogens is 1. The van der Waals surface area contributed by atoms with Crippen molar-refractivity contribution < 1.29 is 4.74 Å². The third kappa shape index (κ3) is 2.91. The van der Waals surface area contributed by atoms with Gasteiger partial charge in [0.25, 0.3) is 0 Å². The van der Waals surface area contributed by atoms with Crippen molar-refractivity contribution in [3.05, 3.63) is 28.8 Å². The van der Waals surface area contributed by atoms with Gasteiger partial charge >= 0.3 is 0 Å². The van der Waals surface area contributed by atoms with Crippen LogP contribution in [-0.2, 0) is 0 Å². The second-order valence-electron chi connectivity index (χ2n) is 3.69. The average Bonchev–Trinajstić information content (AvgIpc) is 2.15. The third-order valence-electron chi connectivity index (χ3n) is 2.06. The Labute approximate surface area is 91.0 Å². The summed E-state index contributed by atoms with van der Waals surface area (Å²) in [5.74, 6) is 1.41. The Morgan fingerprint density at radius 3 is 2.64 bits per heavy atom. The minimum atomic E-state index is 0.445. The predicted octanol–water partition coefficient (Wildman–Crippen LogP) is 4.25. The summed E-state index contributed by atoms with van der Waals surface area (Å²) in [7, 11) is 0. The molecule has 0 radical (unpaired) electrons. The van der Waals surface area contributed by atoms with Crippen molar-refractivity contribution in [1.29, 1.82) is 0 Å². The van der Waals surface area contributed by atoms with E-state index in [4.69, 9.17) is 16.3 Å². The number of benzene rings is 1. The summed E-state index contributed by atoms with van der Waals surface area (Å²) in [6, 6.07) is 5.81. The maximum Gasteiger partial charge on any atom is 0.122 e. The van der Waals surface area contributed by atoms with Gasteiger partial charge in [-0.2, -0.15) is 0 Å². The minimum Gasteiger partial charge on any atom is -0.493 e. The molecule has 0 aliphatic rings. The van der Waals surface area contributed by atoms with E-state index in [0.29, 0.717) is 5.92 Å². The summed E-state index contributed by atoms with van der Waals surface area (Å²) in [4.78, 5) is 0. The molecule has 0 aliphatic heterocycles. The standard InChI is InChI=1S/C12H17ClO/c1-4-7-14-12-6-5-10(13)8-11(12)9(2)3/h5-6,8-9H,4,7H2,1-3H3. The van der Waals surface area contributed by atoms with Crippen LogP contribution in [0.15, 0.2) is 18.2 Å². The quantitative estimate of drug-likeness (QED) is 0.725. The molecule has 0 heterocycles. The molecule has 78 valence electrons. The lowest BCUT2D eigenvalue weighted by atomic mass is 10.0. The Kier molecular flexibility index (Phi) is 4.27. The van der Waals surface area contributed by atoms with E-state index < -0.39 is 0 Å². The fourth-order valence-electron chi connectivity index (χ4n) is 1.31. The second-order valence-corrected chi connectivity index (χ2v) is 4.12. The lowest BCUT2D eigenvalue weighted by molar-refractivity contribution is 0.313. The molecule has 0 aliphatic carbocycles. The first kappa shape index (κ1) is 11.4. The highest BCUT2D eigenvalue weighted by Crippen LogP contribution is 2.29. The molecule has 0 spiro atoms. The van der Waals surface area contributed by atoms with Crippen LogP contribution in [0.25, 0.3) is 0 Å². The van der Waals surface area contributed by atoms with Crippen molar-refractivity contribution >= 4 is 11.6 Å². The zero-order valence-corrected chi connectivity index (χ0v) is 9.77. The van der Waals surface area contributed by atoms with Gasteiger partial charge in [0.05, 0.1) is 6.61 Å². The van der Waals surface area contributed by atoms with Crippen molar-refractivity contribution in [3.63, 3.8) is 0 Å². The van der Waals surface area contributed by atoms with E-state index in [1.54, 1.807) is 0 Å². The molecule has 0 fully saturated rings. The first-order valence-electron chi connectivity index (χ1n) is 5.07. The SMILES string of the molecule is CCCOc1ccc(Cl)cc1C(C)C. The molecule has 0 saturated heterocycles. The third-order valence-corrected chi connectivity index (χ3v) is 2.29. The Bertz CT molecular complexity index is 294. The van der Waals surface area contributed by atoms with Crippen LogP contribution >= 0.6 is 11.6 Å². The van der Waals surface area contributed by atoms with Crippen LogP contribution in [0.5, 0.6) is 5.75 Å². The summed E-state index contributed by atoms with van der Waals surface area (Å²) in [6.45, 7) is 7.15. The summed E-state index contributed by atoms with van der Waals surface area (Å²) in [6.07, 6.45) is 1.03. The van der Waals surface area contributed by atoms with Crippen molar-refractivity contribution in [2.45, 2.75) is 33.1 Å². The Hall–Kier alpha value is -0.690. The van der Waals surface area contributed by atoms with Gasteiger partial charge in [-0.1, -0.05) is 32.4 Å². The molecule has 14 heavy (non-hydrogen) atoms. The largest absolute Gasteiger partial charge is 0.493 e. The van der Waals surface area contributed by atoms with Crippen molar-refractivity contribution in [2.24, 2.45) is 0 Å². The first-order chi connectivity index (χ1) is 6.65. The van der Waals surface area contributed by atoms with Crippen molar-refractivity contribution in [1.82, 2.24) is 0 Å². The Morgan fingerprint density at radius 1 is 1.36 bits per heavy atom. The topological polar surface area (TPSA) is 9.23 Å². The molecule has 0 unspecified atom stereocenters. The van der Waals surface area contributed by atoms with Crippen molar-refractivity contribution in [3.8, 4) is 5.75 Å². The molecule has 1 aromatic rings. The van der Waals surface area contributed by atoms with E-state index in [1.165, 1.54) is 5.56 Å². The van der Waals surface area contributed by atoms with Crippen LogP contribution in [0, 0.1) is 0 Å². The van der Waals surface area contributed by atoms with E-state index >= 15 is 0 Å². The zero-order valence-electron chi connectivity index (χ0n) is 9.01. The molecule has 0 N–H and O–H groups in total. The molecule has 1 nitrogen and oxygen atoms in total. The summed E-state index contributed by atoms with van der Waals surface area (Å²) < 4.78 is 5.64. The fraction of sp³-hybridized carbons (Fsp3) is 0.500. The Morgan fingerprint density at radius 2 is 2.07 bits per heavy atom. The van der Waals surface area contributed by atoms with Gasteiger partial charge in [0.2, 0.25) is 0 Å². The van der Waals surface area contributed by atoms with Gasteiger partial charge < -0.3 is 4.74 Å². The highest BCUT2D eigenvalue weighted by molar-refractivity contribution is 6.30. The summed E-state index contributed by atoms with van der Waals surface area (Å²) >= 11 is 5.94. The summed E-state index contributed by atoms with van der Waals surface area (Å²) in [5, 5.41) is 0.776. The van der Waals surface area contributed by atoms with E-state index in [9.17, 15) is 0 Å². The molecular formula is C12H17ClO. The number of rotatable bonds is 4. The Balaban J connectivity index is 2.90. The molecule has 0 bridgehead atoms. The molecular weight excluding hydrogens is 196 g/mol. The molecule has 2 heteroatoms. The average molecular weight is 213 g/mol. The first-order valence-corrected chi connectivity index (χ1v) is 5.45.